The zero-order valence-electron chi connectivity index (χ0n) is 16.0. The van der Waals surface area contributed by atoms with Crippen LogP contribution in [0.25, 0.3) is 0 Å². The molecule has 0 bridgehead atoms. The van der Waals surface area contributed by atoms with Crippen LogP contribution in [0.2, 0.25) is 10.0 Å². The number of aliphatic hydroxyl groups is 1. The molecule has 0 aliphatic heterocycles. The minimum Gasteiger partial charge on any atom is -0.464 e. The van der Waals surface area contributed by atoms with E-state index < -0.39 is 6.10 Å². The molecule has 150 valence electrons. The van der Waals surface area contributed by atoms with E-state index in [1.54, 1.807) is 6.07 Å². The fourth-order valence-corrected chi connectivity index (χ4v) is 4.70. The van der Waals surface area contributed by atoms with Gasteiger partial charge in [0.1, 0.15) is 11.5 Å². The number of carbonyl (C=O) groups excluding carboxylic acids is 1. The number of carbonyl (C=O) groups is 1. The molecule has 28 heavy (non-hydrogen) atoms. The second-order valence-corrected chi connectivity index (χ2v) is 8.70. The van der Waals surface area contributed by atoms with Crippen molar-refractivity contribution in [2.45, 2.75) is 50.9 Å². The van der Waals surface area contributed by atoms with E-state index in [1.807, 2.05) is 42.0 Å². The normalized spacial score (nSPS) is 21.2. The molecule has 1 aromatic heterocycles. The van der Waals surface area contributed by atoms with Crippen molar-refractivity contribution in [3.63, 3.8) is 0 Å². The molecule has 1 N–H and O–H groups in total. The van der Waals surface area contributed by atoms with Gasteiger partial charge in [-0.2, -0.15) is 0 Å². The Morgan fingerprint density at radius 1 is 1.29 bits per heavy atom. The Bertz CT molecular complexity index is 894. The summed E-state index contributed by atoms with van der Waals surface area (Å²) in [6, 6.07) is 7.34. The first-order valence-electron chi connectivity index (χ1n) is 9.54. The summed E-state index contributed by atoms with van der Waals surface area (Å²) in [7, 11) is 1.86. The average Bonchev–Trinajstić information content (AvgIpc) is 3.28. The van der Waals surface area contributed by atoms with Crippen molar-refractivity contribution >= 4 is 29.1 Å². The van der Waals surface area contributed by atoms with Gasteiger partial charge in [0.2, 0.25) is 5.91 Å². The quantitative estimate of drug-likeness (QED) is 0.764. The Kier molecular flexibility index (Phi) is 5.45. The topological polar surface area (TPSA) is 56.9 Å². The van der Waals surface area contributed by atoms with E-state index in [9.17, 15) is 9.90 Å². The Hall–Kier alpha value is -1.53. The molecule has 2 atom stereocenters. The Labute approximate surface area is 174 Å². The standard InChI is InChI=1S/C21H24Cl2N2O3/c1-12-3-6-15(28-12)10-25(14-4-5-14)20(27)11-24(2)21-17-7-13(22)8-18(23)16(17)9-19(21)26/h3,6-8,14,19,21,26H,4-5,9-11H2,1-2H3. The minimum absolute atomic E-state index is 0.0350. The zero-order chi connectivity index (χ0) is 20.0. The first-order valence-corrected chi connectivity index (χ1v) is 10.3. The molecule has 1 fully saturated rings. The van der Waals surface area contributed by atoms with E-state index in [2.05, 4.69) is 0 Å². The number of rotatable bonds is 6. The maximum atomic E-state index is 13.1. The number of nitrogens with zero attached hydrogens (tertiary/aromatic N) is 2. The van der Waals surface area contributed by atoms with Gasteiger partial charge in [-0.1, -0.05) is 23.2 Å². The van der Waals surface area contributed by atoms with Gasteiger partial charge >= 0.3 is 0 Å². The van der Waals surface area contributed by atoms with Crippen molar-refractivity contribution in [2.75, 3.05) is 13.6 Å². The van der Waals surface area contributed by atoms with Crippen LogP contribution in [0.4, 0.5) is 0 Å². The second-order valence-electron chi connectivity index (χ2n) is 7.85. The van der Waals surface area contributed by atoms with Gasteiger partial charge in [-0.3, -0.25) is 9.69 Å². The lowest BCUT2D eigenvalue weighted by atomic mass is 10.1. The number of benzene rings is 1. The summed E-state index contributed by atoms with van der Waals surface area (Å²) in [6.45, 7) is 2.59. The van der Waals surface area contributed by atoms with Crippen molar-refractivity contribution in [3.8, 4) is 0 Å². The SMILES string of the molecule is Cc1ccc(CN(C(=O)CN(C)C2c3cc(Cl)cc(Cl)c3CC2O)C2CC2)o1. The maximum absolute atomic E-state index is 13.1. The van der Waals surface area contributed by atoms with Crippen LogP contribution in [0.1, 0.15) is 41.5 Å². The number of amides is 1. The highest BCUT2D eigenvalue weighted by Gasteiger charge is 2.38. The first kappa shape index (κ1) is 19.8. The molecule has 1 amide bonds. The number of aryl methyl sites for hydroxylation is 1. The third-order valence-corrected chi connectivity index (χ3v) is 6.14. The van der Waals surface area contributed by atoms with Crippen LogP contribution >= 0.6 is 23.2 Å². The maximum Gasteiger partial charge on any atom is 0.237 e. The Morgan fingerprint density at radius 3 is 2.68 bits per heavy atom. The van der Waals surface area contributed by atoms with Gasteiger partial charge in [-0.15, -0.1) is 0 Å². The molecule has 1 heterocycles. The molecule has 2 aliphatic carbocycles. The third kappa shape index (κ3) is 3.94. The molecular formula is C21H24Cl2N2O3. The average molecular weight is 423 g/mol. The molecule has 7 heteroatoms. The van der Waals surface area contributed by atoms with E-state index in [-0.39, 0.29) is 24.5 Å². The summed E-state index contributed by atoms with van der Waals surface area (Å²) in [5.74, 6) is 1.67. The van der Waals surface area contributed by atoms with Crippen LogP contribution in [0.5, 0.6) is 0 Å². The number of hydrogen-bond donors (Lipinski definition) is 1. The fourth-order valence-electron chi connectivity index (χ4n) is 4.11. The summed E-state index contributed by atoms with van der Waals surface area (Å²) in [5, 5.41) is 11.7. The number of fused-ring (bicyclic) bond motifs is 1. The monoisotopic (exact) mass is 422 g/mol. The van der Waals surface area contributed by atoms with E-state index in [4.69, 9.17) is 27.6 Å². The van der Waals surface area contributed by atoms with Crippen molar-refractivity contribution in [1.29, 1.82) is 0 Å². The predicted molar refractivity (Wildman–Crippen MR) is 109 cm³/mol. The van der Waals surface area contributed by atoms with Crippen molar-refractivity contribution in [1.82, 2.24) is 9.80 Å². The van der Waals surface area contributed by atoms with Gasteiger partial charge in [0.25, 0.3) is 0 Å². The van der Waals surface area contributed by atoms with Crippen molar-refractivity contribution in [2.24, 2.45) is 0 Å². The second kappa shape index (κ2) is 7.71. The lowest BCUT2D eigenvalue weighted by Crippen LogP contribution is -2.42. The number of halogens is 2. The van der Waals surface area contributed by atoms with E-state index in [0.29, 0.717) is 23.0 Å². The number of furan rings is 1. The highest BCUT2D eigenvalue weighted by Crippen LogP contribution is 2.41. The Balaban J connectivity index is 1.50. The first-order chi connectivity index (χ1) is 13.3. The van der Waals surface area contributed by atoms with Gasteiger partial charge in [0, 0.05) is 22.5 Å². The van der Waals surface area contributed by atoms with Gasteiger partial charge in [0.15, 0.2) is 0 Å². The Morgan fingerprint density at radius 2 is 2.04 bits per heavy atom. The molecule has 1 aromatic carbocycles. The number of aliphatic hydroxyl groups excluding tert-OH is 1. The fraction of sp³-hybridized carbons (Fsp3) is 0.476. The number of likely N-dealkylation sites (N-methyl/N-ethyl adjacent to an activating group) is 1. The smallest absolute Gasteiger partial charge is 0.237 e. The van der Waals surface area contributed by atoms with Crippen LogP contribution in [0.15, 0.2) is 28.7 Å². The predicted octanol–water partition coefficient (Wildman–Crippen LogP) is 3.98. The van der Waals surface area contributed by atoms with E-state index in [0.717, 1.165) is 35.5 Å². The number of hydrogen-bond acceptors (Lipinski definition) is 4. The van der Waals surface area contributed by atoms with E-state index in [1.165, 1.54) is 0 Å². The van der Waals surface area contributed by atoms with Crippen molar-refractivity contribution < 1.29 is 14.3 Å². The van der Waals surface area contributed by atoms with Crippen molar-refractivity contribution in [3.05, 3.63) is 57.0 Å². The molecule has 4 rings (SSSR count). The summed E-state index contributed by atoms with van der Waals surface area (Å²) >= 11 is 12.5. The molecule has 2 aliphatic rings. The van der Waals surface area contributed by atoms with E-state index >= 15 is 0 Å². The zero-order valence-corrected chi connectivity index (χ0v) is 17.5. The molecule has 0 spiro atoms. The molecule has 5 nitrogen and oxygen atoms in total. The summed E-state index contributed by atoms with van der Waals surface area (Å²) in [6.07, 6.45) is 1.89. The van der Waals surface area contributed by atoms with Crippen LogP contribution in [0, 0.1) is 6.92 Å². The molecular weight excluding hydrogens is 399 g/mol. The largest absolute Gasteiger partial charge is 0.464 e. The molecule has 0 saturated heterocycles. The summed E-state index contributed by atoms with van der Waals surface area (Å²) < 4.78 is 5.66. The minimum atomic E-state index is -0.620. The lowest BCUT2D eigenvalue weighted by Gasteiger charge is -2.30. The van der Waals surface area contributed by atoms with Gasteiger partial charge in [-0.25, -0.2) is 0 Å². The van der Waals surface area contributed by atoms with Gasteiger partial charge < -0.3 is 14.4 Å². The summed E-state index contributed by atoms with van der Waals surface area (Å²) in [4.78, 5) is 16.9. The van der Waals surface area contributed by atoms with Gasteiger partial charge in [-0.05, 0) is 62.2 Å². The molecule has 0 radical (unpaired) electrons. The molecule has 1 saturated carbocycles. The highest BCUT2D eigenvalue weighted by atomic mass is 35.5. The van der Waals surface area contributed by atoms with Gasteiger partial charge in [0.05, 0.1) is 25.2 Å². The van der Waals surface area contributed by atoms with Crippen LogP contribution in [-0.2, 0) is 17.8 Å². The molecule has 2 unspecified atom stereocenters. The van der Waals surface area contributed by atoms with Crippen LogP contribution in [0.3, 0.4) is 0 Å². The molecule has 2 aromatic rings. The lowest BCUT2D eigenvalue weighted by molar-refractivity contribution is -0.134. The summed E-state index contributed by atoms with van der Waals surface area (Å²) in [5.41, 5.74) is 1.81. The van der Waals surface area contributed by atoms with Crippen LogP contribution < -0.4 is 0 Å². The highest BCUT2D eigenvalue weighted by molar-refractivity contribution is 6.35. The van der Waals surface area contributed by atoms with Crippen LogP contribution in [-0.4, -0.2) is 46.6 Å². The third-order valence-electron chi connectivity index (χ3n) is 5.58.